The first kappa shape index (κ1) is 15.0. The van der Waals surface area contributed by atoms with Crippen molar-refractivity contribution in [3.63, 3.8) is 0 Å². The van der Waals surface area contributed by atoms with Crippen LogP contribution in [-0.2, 0) is 4.74 Å². The Bertz CT molecular complexity index is 727. The number of methoxy groups -OCH3 is 3. The summed E-state index contributed by atoms with van der Waals surface area (Å²) in [6, 6.07) is 10.9. The molecule has 6 heteroatoms. The summed E-state index contributed by atoms with van der Waals surface area (Å²) in [5, 5.41) is 3.17. The summed E-state index contributed by atoms with van der Waals surface area (Å²) >= 11 is 0. The molecule has 6 nitrogen and oxygen atoms in total. The minimum absolute atomic E-state index is 0.383. The van der Waals surface area contributed by atoms with Crippen molar-refractivity contribution >= 4 is 11.7 Å². The maximum absolute atomic E-state index is 12.2. The van der Waals surface area contributed by atoms with E-state index in [1.165, 1.54) is 14.2 Å². The molecule has 0 aliphatic carbocycles. The van der Waals surface area contributed by atoms with Crippen LogP contribution in [0.2, 0.25) is 0 Å². The fourth-order valence-electron chi connectivity index (χ4n) is 2.55. The third-order valence-corrected chi connectivity index (χ3v) is 3.68. The van der Waals surface area contributed by atoms with E-state index in [0.717, 1.165) is 11.4 Å². The summed E-state index contributed by atoms with van der Waals surface area (Å²) in [5.74, 6) is 1.19. The highest BCUT2D eigenvalue weighted by Crippen LogP contribution is 2.42. The number of nitrogens with one attached hydrogen (secondary N) is 1. The number of esters is 1. The molecule has 1 N–H and O–H groups in total. The highest BCUT2D eigenvalue weighted by atomic mass is 16.6. The molecular formula is C17H17NO5. The molecule has 0 radical (unpaired) electrons. The lowest BCUT2D eigenvalue weighted by Crippen LogP contribution is -2.10. The van der Waals surface area contributed by atoms with Crippen LogP contribution in [0.4, 0.5) is 5.69 Å². The van der Waals surface area contributed by atoms with Gasteiger partial charge in [-0.1, -0.05) is 0 Å². The van der Waals surface area contributed by atoms with Crippen LogP contribution < -0.4 is 19.5 Å². The van der Waals surface area contributed by atoms with Gasteiger partial charge in [0.25, 0.3) is 0 Å². The van der Waals surface area contributed by atoms with Crippen LogP contribution in [0.5, 0.6) is 17.2 Å². The highest BCUT2D eigenvalue weighted by molar-refractivity contribution is 5.98. The number of hydrogen-bond acceptors (Lipinski definition) is 6. The fraction of sp³-hybridized carbons (Fsp3) is 0.235. The highest BCUT2D eigenvalue weighted by Gasteiger charge is 2.35. The van der Waals surface area contributed by atoms with Gasteiger partial charge in [0.15, 0.2) is 11.5 Å². The second-order valence-corrected chi connectivity index (χ2v) is 4.92. The minimum Gasteiger partial charge on any atom is -0.497 e. The van der Waals surface area contributed by atoms with Gasteiger partial charge in [0, 0.05) is 11.3 Å². The van der Waals surface area contributed by atoms with Crippen molar-refractivity contribution in [2.24, 2.45) is 0 Å². The Labute approximate surface area is 133 Å². The molecule has 2 aromatic rings. The molecule has 0 fully saturated rings. The summed E-state index contributed by atoms with van der Waals surface area (Å²) in [4.78, 5) is 12.2. The molecule has 1 heterocycles. The monoisotopic (exact) mass is 315 g/mol. The van der Waals surface area contributed by atoms with Gasteiger partial charge < -0.3 is 24.3 Å². The van der Waals surface area contributed by atoms with Crippen molar-refractivity contribution in [1.29, 1.82) is 0 Å². The Kier molecular flexibility index (Phi) is 3.97. The van der Waals surface area contributed by atoms with Gasteiger partial charge in [-0.15, -0.1) is 0 Å². The van der Waals surface area contributed by atoms with Crippen LogP contribution in [0.15, 0.2) is 36.4 Å². The molecule has 0 spiro atoms. The number of carbonyl (C=O) groups is 1. The molecule has 0 saturated heterocycles. The second kappa shape index (κ2) is 6.08. The summed E-state index contributed by atoms with van der Waals surface area (Å²) < 4.78 is 21.1. The van der Waals surface area contributed by atoms with Crippen LogP contribution in [0, 0.1) is 0 Å². The van der Waals surface area contributed by atoms with Crippen molar-refractivity contribution in [3.8, 4) is 17.2 Å². The summed E-state index contributed by atoms with van der Waals surface area (Å²) in [6.45, 7) is 0. The molecule has 23 heavy (non-hydrogen) atoms. The smallest absolute Gasteiger partial charge is 0.344 e. The van der Waals surface area contributed by atoms with Gasteiger partial charge in [0.05, 0.1) is 21.3 Å². The van der Waals surface area contributed by atoms with E-state index in [1.807, 2.05) is 24.3 Å². The maximum Gasteiger partial charge on any atom is 0.344 e. The molecule has 1 unspecified atom stereocenters. The Morgan fingerprint density at radius 1 is 0.957 bits per heavy atom. The van der Waals surface area contributed by atoms with Gasteiger partial charge in [0.2, 0.25) is 6.23 Å². The first-order valence-electron chi connectivity index (χ1n) is 7.04. The first-order chi connectivity index (χ1) is 11.2. The molecule has 2 aromatic carbocycles. The standard InChI is InChI=1S/C17H17NO5/c1-20-11-6-4-10(5-7-11)18-16-12-8-9-13(21-2)15(22-3)14(12)17(19)23-16/h4-9,16,18H,1-3H3. The van der Waals surface area contributed by atoms with Crippen LogP contribution >= 0.6 is 0 Å². The van der Waals surface area contributed by atoms with E-state index in [2.05, 4.69) is 5.32 Å². The summed E-state index contributed by atoms with van der Waals surface area (Å²) in [5.41, 5.74) is 1.91. The number of rotatable bonds is 5. The molecule has 120 valence electrons. The van der Waals surface area contributed by atoms with Gasteiger partial charge in [-0.2, -0.15) is 0 Å². The zero-order valence-electron chi connectivity index (χ0n) is 13.1. The van der Waals surface area contributed by atoms with E-state index in [9.17, 15) is 4.79 Å². The van der Waals surface area contributed by atoms with Crippen LogP contribution in [0.25, 0.3) is 0 Å². The number of benzene rings is 2. The lowest BCUT2D eigenvalue weighted by molar-refractivity contribution is 0.0435. The average molecular weight is 315 g/mol. The van der Waals surface area contributed by atoms with E-state index in [-0.39, 0.29) is 0 Å². The van der Waals surface area contributed by atoms with E-state index in [4.69, 9.17) is 18.9 Å². The molecule has 1 aliphatic rings. The predicted octanol–water partition coefficient (Wildman–Crippen LogP) is 2.99. The number of fused-ring (bicyclic) bond motifs is 1. The molecule has 0 bridgehead atoms. The van der Waals surface area contributed by atoms with Crippen molar-refractivity contribution in [2.75, 3.05) is 26.6 Å². The van der Waals surface area contributed by atoms with Gasteiger partial charge in [0.1, 0.15) is 11.3 Å². The van der Waals surface area contributed by atoms with Crippen molar-refractivity contribution in [1.82, 2.24) is 0 Å². The SMILES string of the molecule is COc1ccc(NC2OC(=O)c3c2ccc(OC)c3OC)cc1. The molecule has 1 aliphatic heterocycles. The fourth-order valence-corrected chi connectivity index (χ4v) is 2.55. The third-order valence-electron chi connectivity index (χ3n) is 3.68. The van der Waals surface area contributed by atoms with Crippen LogP contribution in [-0.4, -0.2) is 27.3 Å². The summed E-state index contributed by atoms with van der Waals surface area (Å²) in [7, 11) is 4.63. The van der Waals surface area contributed by atoms with Gasteiger partial charge in [-0.3, -0.25) is 0 Å². The zero-order valence-corrected chi connectivity index (χ0v) is 13.1. The van der Waals surface area contributed by atoms with Crippen molar-refractivity contribution in [2.45, 2.75) is 6.23 Å². The number of anilines is 1. The molecule has 0 aromatic heterocycles. The largest absolute Gasteiger partial charge is 0.497 e. The van der Waals surface area contributed by atoms with E-state index in [1.54, 1.807) is 19.2 Å². The van der Waals surface area contributed by atoms with Crippen molar-refractivity contribution in [3.05, 3.63) is 47.5 Å². The van der Waals surface area contributed by atoms with Gasteiger partial charge in [-0.25, -0.2) is 4.79 Å². The Hall–Kier alpha value is -2.89. The van der Waals surface area contributed by atoms with Crippen LogP contribution in [0.1, 0.15) is 22.1 Å². The number of carbonyl (C=O) groups excluding carboxylic acids is 1. The number of ether oxygens (including phenoxy) is 4. The summed E-state index contributed by atoms with van der Waals surface area (Å²) in [6.07, 6.45) is -0.578. The number of hydrogen-bond donors (Lipinski definition) is 1. The quantitative estimate of drug-likeness (QED) is 0.856. The van der Waals surface area contributed by atoms with Crippen LogP contribution in [0.3, 0.4) is 0 Å². The Balaban J connectivity index is 1.92. The zero-order chi connectivity index (χ0) is 16.4. The second-order valence-electron chi connectivity index (χ2n) is 4.92. The van der Waals surface area contributed by atoms with E-state index >= 15 is 0 Å². The average Bonchev–Trinajstić information content (AvgIpc) is 2.90. The molecule has 0 amide bonds. The molecular weight excluding hydrogens is 298 g/mol. The van der Waals surface area contributed by atoms with E-state index < -0.39 is 12.2 Å². The van der Waals surface area contributed by atoms with Gasteiger partial charge in [-0.05, 0) is 36.4 Å². The minimum atomic E-state index is -0.578. The number of cyclic esters (lactones) is 1. The van der Waals surface area contributed by atoms with Crippen molar-refractivity contribution < 1.29 is 23.7 Å². The maximum atomic E-state index is 12.2. The lowest BCUT2D eigenvalue weighted by Gasteiger charge is -2.15. The predicted molar refractivity (Wildman–Crippen MR) is 84.3 cm³/mol. The van der Waals surface area contributed by atoms with E-state index in [0.29, 0.717) is 22.6 Å². The topological polar surface area (TPSA) is 66.0 Å². The molecule has 1 atom stereocenters. The first-order valence-corrected chi connectivity index (χ1v) is 7.04. The Morgan fingerprint density at radius 3 is 2.30 bits per heavy atom. The molecule has 0 saturated carbocycles. The lowest BCUT2D eigenvalue weighted by atomic mass is 10.1. The Morgan fingerprint density at radius 2 is 1.70 bits per heavy atom. The third kappa shape index (κ3) is 2.63. The van der Waals surface area contributed by atoms with Gasteiger partial charge >= 0.3 is 5.97 Å². The molecule has 3 rings (SSSR count). The normalized spacial score (nSPS) is 15.6.